The number of benzene rings is 1. The number of fused-ring (bicyclic) bond motifs is 1. The van der Waals surface area contributed by atoms with Gasteiger partial charge in [-0.2, -0.15) is 18.3 Å². The van der Waals surface area contributed by atoms with Crippen LogP contribution in [0.3, 0.4) is 0 Å². The summed E-state index contributed by atoms with van der Waals surface area (Å²) in [6.45, 7) is 0.0955. The molecule has 2 N–H and O–H groups in total. The normalized spacial score (nSPS) is 17.9. The SMILES string of the molecule is COc1ccc([C@H]2C[C@@H](C(F)(F)F)n3ncc(C(=O)NCc4ccco4)c3N2)cc1OC. The molecule has 0 fully saturated rings. The summed E-state index contributed by atoms with van der Waals surface area (Å²) < 4.78 is 58.1. The molecule has 3 aromatic rings. The quantitative estimate of drug-likeness (QED) is 0.588. The van der Waals surface area contributed by atoms with Crippen molar-refractivity contribution in [3.63, 3.8) is 0 Å². The Morgan fingerprint density at radius 1 is 1.28 bits per heavy atom. The van der Waals surface area contributed by atoms with E-state index in [1.54, 1.807) is 30.3 Å². The van der Waals surface area contributed by atoms with E-state index in [-0.39, 0.29) is 24.3 Å². The Morgan fingerprint density at radius 2 is 2.06 bits per heavy atom. The lowest BCUT2D eigenvalue weighted by atomic mass is 9.96. The number of anilines is 1. The Labute approximate surface area is 181 Å². The number of nitrogens with one attached hydrogen (secondary N) is 2. The number of alkyl halides is 3. The van der Waals surface area contributed by atoms with Crippen LogP contribution in [0.4, 0.5) is 19.0 Å². The van der Waals surface area contributed by atoms with Crippen LogP contribution in [0.15, 0.2) is 47.2 Å². The minimum Gasteiger partial charge on any atom is -0.493 e. The number of hydrogen-bond donors (Lipinski definition) is 2. The highest BCUT2D eigenvalue weighted by molar-refractivity contribution is 5.98. The van der Waals surface area contributed by atoms with E-state index >= 15 is 0 Å². The number of nitrogens with zero attached hydrogens (tertiary/aromatic N) is 2. The lowest BCUT2D eigenvalue weighted by molar-refractivity contribution is -0.173. The molecule has 0 bridgehead atoms. The van der Waals surface area contributed by atoms with E-state index in [9.17, 15) is 18.0 Å². The molecular formula is C21H21F3N4O4. The minimum atomic E-state index is -4.56. The van der Waals surface area contributed by atoms with E-state index in [0.29, 0.717) is 22.8 Å². The number of carbonyl (C=O) groups excluding carboxylic acids is 1. The first-order valence-electron chi connectivity index (χ1n) is 9.75. The topological polar surface area (TPSA) is 90.6 Å². The first kappa shape index (κ1) is 21.6. The summed E-state index contributed by atoms with van der Waals surface area (Å²) in [4.78, 5) is 12.7. The molecule has 0 spiro atoms. The number of aromatic nitrogens is 2. The fraction of sp³-hybridized carbons (Fsp3) is 0.333. The van der Waals surface area contributed by atoms with Crippen molar-refractivity contribution in [1.29, 1.82) is 0 Å². The summed E-state index contributed by atoms with van der Waals surface area (Å²) in [6, 6.07) is 5.62. The van der Waals surface area contributed by atoms with Crippen molar-refractivity contribution >= 4 is 11.7 Å². The third kappa shape index (κ3) is 4.10. The zero-order valence-corrected chi connectivity index (χ0v) is 17.3. The molecule has 0 radical (unpaired) electrons. The summed E-state index contributed by atoms with van der Waals surface area (Å²) >= 11 is 0. The Balaban J connectivity index is 1.66. The van der Waals surface area contributed by atoms with Crippen molar-refractivity contribution in [2.45, 2.75) is 31.2 Å². The van der Waals surface area contributed by atoms with Crippen molar-refractivity contribution < 1.29 is 31.9 Å². The van der Waals surface area contributed by atoms with E-state index in [1.165, 1.54) is 20.5 Å². The second-order valence-electron chi connectivity index (χ2n) is 7.22. The molecule has 8 nitrogen and oxygen atoms in total. The van der Waals surface area contributed by atoms with Crippen molar-refractivity contribution in [2.24, 2.45) is 0 Å². The average Bonchev–Trinajstić information content (AvgIpc) is 3.45. The number of ether oxygens (including phenoxy) is 2. The number of halogens is 3. The van der Waals surface area contributed by atoms with Gasteiger partial charge in [-0.3, -0.25) is 4.79 Å². The highest BCUT2D eigenvalue weighted by atomic mass is 19.4. The molecule has 0 saturated heterocycles. The Morgan fingerprint density at radius 3 is 2.72 bits per heavy atom. The molecule has 4 rings (SSSR count). The summed E-state index contributed by atoms with van der Waals surface area (Å²) in [5.41, 5.74) is 0.572. The van der Waals surface area contributed by atoms with Gasteiger partial charge in [0.15, 0.2) is 17.5 Å². The second-order valence-corrected chi connectivity index (χ2v) is 7.22. The molecule has 2 atom stereocenters. The van der Waals surface area contributed by atoms with Crippen molar-refractivity contribution in [3.8, 4) is 11.5 Å². The predicted octanol–water partition coefficient (Wildman–Crippen LogP) is 4.08. The van der Waals surface area contributed by atoms with E-state index in [1.807, 2.05) is 0 Å². The second kappa shape index (κ2) is 8.48. The summed E-state index contributed by atoms with van der Waals surface area (Å²) in [6.07, 6.45) is -2.26. The molecule has 3 heterocycles. The van der Waals surface area contributed by atoms with Gasteiger partial charge in [-0.15, -0.1) is 0 Å². The highest BCUT2D eigenvalue weighted by Crippen LogP contribution is 2.45. The first-order chi connectivity index (χ1) is 15.3. The van der Waals surface area contributed by atoms with Crippen LogP contribution in [0.1, 0.15) is 40.2 Å². The molecule has 0 unspecified atom stereocenters. The van der Waals surface area contributed by atoms with E-state index in [4.69, 9.17) is 13.9 Å². The maximum absolute atomic E-state index is 13.9. The van der Waals surface area contributed by atoms with Gasteiger partial charge >= 0.3 is 6.18 Å². The van der Waals surface area contributed by atoms with Crippen molar-refractivity contribution in [1.82, 2.24) is 15.1 Å². The number of amides is 1. The third-order valence-corrected chi connectivity index (χ3v) is 5.30. The van der Waals surface area contributed by atoms with Gasteiger partial charge < -0.3 is 24.5 Å². The molecular weight excluding hydrogens is 429 g/mol. The van der Waals surface area contributed by atoms with Gasteiger partial charge in [-0.25, -0.2) is 4.68 Å². The van der Waals surface area contributed by atoms with Crippen LogP contribution in [-0.4, -0.2) is 36.1 Å². The number of methoxy groups -OCH3 is 2. The zero-order chi connectivity index (χ0) is 22.9. The van der Waals surface area contributed by atoms with Crippen LogP contribution in [0.5, 0.6) is 11.5 Å². The van der Waals surface area contributed by atoms with Gasteiger partial charge in [-0.05, 0) is 29.8 Å². The Bertz CT molecular complexity index is 1100. The lowest BCUT2D eigenvalue weighted by Crippen LogP contribution is -2.36. The van der Waals surface area contributed by atoms with E-state index in [0.717, 1.165) is 10.9 Å². The van der Waals surface area contributed by atoms with Gasteiger partial charge in [0.1, 0.15) is 17.1 Å². The minimum absolute atomic E-state index is 0.00435. The molecule has 0 aliphatic carbocycles. The molecule has 1 aliphatic heterocycles. The Kier molecular flexibility index (Phi) is 5.72. The highest BCUT2D eigenvalue weighted by Gasteiger charge is 2.47. The smallest absolute Gasteiger partial charge is 0.410 e. The van der Waals surface area contributed by atoms with Gasteiger partial charge in [0.05, 0.1) is 39.3 Å². The largest absolute Gasteiger partial charge is 0.493 e. The Hall–Kier alpha value is -3.63. The third-order valence-electron chi connectivity index (χ3n) is 5.30. The molecule has 1 aliphatic rings. The standard InChI is InChI=1S/C21H21F3N4O4/c1-30-16-6-5-12(8-17(16)31-2)15-9-18(21(22,23)24)28-19(27-15)14(11-26-28)20(29)25-10-13-4-3-7-32-13/h3-8,11,15,18,27H,9-10H2,1-2H3,(H,25,29)/t15-,18+/m1/s1. The molecule has 2 aromatic heterocycles. The number of furan rings is 1. The molecule has 11 heteroatoms. The van der Waals surface area contributed by atoms with E-state index < -0.39 is 24.2 Å². The lowest BCUT2D eigenvalue weighted by Gasteiger charge is -2.34. The molecule has 0 saturated carbocycles. The summed E-state index contributed by atoms with van der Waals surface area (Å²) in [5, 5.41) is 9.55. The van der Waals surface area contributed by atoms with Crippen LogP contribution < -0.4 is 20.1 Å². The van der Waals surface area contributed by atoms with Crippen molar-refractivity contribution in [3.05, 3.63) is 59.7 Å². The first-order valence-corrected chi connectivity index (χ1v) is 9.75. The predicted molar refractivity (Wildman–Crippen MR) is 108 cm³/mol. The van der Waals surface area contributed by atoms with Crippen LogP contribution in [0.25, 0.3) is 0 Å². The number of hydrogen-bond acceptors (Lipinski definition) is 6. The van der Waals surface area contributed by atoms with Gasteiger partial charge in [0, 0.05) is 6.42 Å². The van der Waals surface area contributed by atoms with Crippen LogP contribution >= 0.6 is 0 Å². The fourth-order valence-corrected chi connectivity index (χ4v) is 3.69. The number of carbonyl (C=O) groups is 1. The van der Waals surface area contributed by atoms with Gasteiger partial charge in [0.2, 0.25) is 0 Å². The molecule has 170 valence electrons. The monoisotopic (exact) mass is 450 g/mol. The zero-order valence-electron chi connectivity index (χ0n) is 17.3. The van der Waals surface area contributed by atoms with Gasteiger partial charge in [0.25, 0.3) is 5.91 Å². The summed E-state index contributed by atoms with van der Waals surface area (Å²) in [5.74, 6) is 0.802. The summed E-state index contributed by atoms with van der Waals surface area (Å²) in [7, 11) is 2.92. The van der Waals surface area contributed by atoms with Crippen LogP contribution in [0, 0.1) is 0 Å². The maximum Gasteiger partial charge on any atom is 0.410 e. The van der Waals surface area contributed by atoms with Crippen LogP contribution in [0.2, 0.25) is 0 Å². The fourth-order valence-electron chi connectivity index (χ4n) is 3.69. The molecule has 1 amide bonds. The van der Waals surface area contributed by atoms with E-state index in [2.05, 4.69) is 15.7 Å². The maximum atomic E-state index is 13.9. The average molecular weight is 450 g/mol. The van der Waals surface area contributed by atoms with Crippen LogP contribution in [-0.2, 0) is 6.54 Å². The van der Waals surface area contributed by atoms with Crippen molar-refractivity contribution in [2.75, 3.05) is 19.5 Å². The van der Waals surface area contributed by atoms with Gasteiger partial charge in [-0.1, -0.05) is 6.07 Å². The molecule has 1 aromatic carbocycles. The molecule has 32 heavy (non-hydrogen) atoms. The number of rotatable bonds is 6.